The van der Waals surface area contributed by atoms with Crippen LogP contribution < -0.4 is 5.32 Å². The highest BCUT2D eigenvalue weighted by molar-refractivity contribution is 6.04. The van der Waals surface area contributed by atoms with Gasteiger partial charge in [0.25, 0.3) is 5.91 Å². The van der Waals surface area contributed by atoms with E-state index >= 15 is 0 Å². The van der Waals surface area contributed by atoms with Crippen molar-refractivity contribution < 1.29 is 4.79 Å². The largest absolute Gasteiger partial charge is 0.306 e. The van der Waals surface area contributed by atoms with Gasteiger partial charge in [-0.15, -0.1) is 0 Å². The first-order valence-corrected chi connectivity index (χ1v) is 7.96. The monoisotopic (exact) mass is 319 g/mol. The second kappa shape index (κ2) is 6.32. The van der Waals surface area contributed by atoms with E-state index < -0.39 is 0 Å². The first-order chi connectivity index (χ1) is 11.4. The average molecular weight is 319 g/mol. The summed E-state index contributed by atoms with van der Waals surface area (Å²) in [5.74, 6) is 0.538. The number of benzene rings is 2. The fraction of sp³-hybridized carbons (Fsp3) is 0.200. The minimum absolute atomic E-state index is 0.130. The van der Waals surface area contributed by atoms with Crippen molar-refractivity contribution in [3.63, 3.8) is 0 Å². The lowest BCUT2D eigenvalue weighted by molar-refractivity contribution is 0.102. The summed E-state index contributed by atoms with van der Waals surface area (Å²) in [5.41, 5.74) is 5.76. The third-order valence-corrected chi connectivity index (χ3v) is 3.84. The van der Waals surface area contributed by atoms with Gasteiger partial charge in [0, 0.05) is 11.6 Å². The maximum Gasteiger partial charge on any atom is 0.256 e. The standard InChI is InChI=1S/C20H21N3O/c1-13-5-7-18(8-6-13)23-19(12-16(4)22-23)21-20(24)17-10-14(2)9-15(3)11-17/h5-12H,1-4H3,(H,21,24). The third kappa shape index (κ3) is 3.38. The smallest absolute Gasteiger partial charge is 0.256 e. The summed E-state index contributed by atoms with van der Waals surface area (Å²) in [4.78, 5) is 12.6. The number of hydrogen-bond acceptors (Lipinski definition) is 2. The summed E-state index contributed by atoms with van der Waals surface area (Å²) >= 11 is 0. The number of carbonyl (C=O) groups excluding carboxylic acids is 1. The van der Waals surface area contributed by atoms with E-state index in [4.69, 9.17) is 0 Å². The van der Waals surface area contributed by atoms with Crippen molar-refractivity contribution in [2.75, 3.05) is 5.32 Å². The minimum Gasteiger partial charge on any atom is -0.306 e. The second-order valence-electron chi connectivity index (χ2n) is 6.25. The molecular weight excluding hydrogens is 298 g/mol. The molecule has 0 atom stereocenters. The van der Waals surface area contributed by atoms with Crippen LogP contribution >= 0.6 is 0 Å². The van der Waals surface area contributed by atoms with Gasteiger partial charge in [-0.25, -0.2) is 4.68 Å². The molecule has 3 rings (SSSR count). The molecule has 2 aromatic carbocycles. The fourth-order valence-corrected chi connectivity index (χ4v) is 2.77. The highest BCUT2D eigenvalue weighted by Crippen LogP contribution is 2.19. The van der Waals surface area contributed by atoms with Crippen LogP contribution in [0, 0.1) is 27.7 Å². The van der Waals surface area contributed by atoms with Gasteiger partial charge >= 0.3 is 0 Å². The van der Waals surface area contributed by atoms with E-state index in [2.05, 4.69) is 16.5 Å². The molecule has 0 unspecified atom stereocenters. The van der Waals surface area contributed by atoms with E-state index in [0.29, 0.717) is 11.4 Å². The lowest BCUT2D eigenvalue weighted by atomic mass is 10.1. The van der Waals surface area contributed by atoms with Gasteiger partial charge in [0.15, 0.2) is 0 Å². The normalized spacial score (nSPS) is 10.7. The highest BCUT2D eigenvalue weighted by atomic mass is 16.1. The van der Waals surface area contributed by atoms with Crippen molar-refractivity contribution in [2.24, 2.45) is 0 Å². The number of hydrogen-bond donors (Lipinski definition) is 1. The van der Waals surface area contributed by atoms with Gasteiger partial charge in [-0.3, -0.25) is 4.79 Å². The summed E-state index contributed by atoms with van der Waals surface area (Å²) < 4.78 is 1.76. The second-order valence-corrected chi connectivity index (χ2v) is 6.25. The fourth-order valence-electron chi connectivity index (χ4n) is 2.77. The van der Waals surface area contributed by atoms with Gasteiger partial charge in [-0.2, -0.15) is 5.10 Å². The van der Waals surface area contributed by atoms with Crippen molar-refractivity contribution in [1.29, 1.82) is 0 Å². The molecule has 0 saturated heterocycles. The van der Waals surface area contributed by atoms with Crippen LogP contribution in [0.1, 0.15) is 32.7 Å². The number of carbonyl (C=O) groups is 1. The first-order valence-electron chi connectivity index (χ1n) is 7.96. The van der Waals surface area contributed by atoms with Crippen LogP contribution in [-0.2, 0) is 0 Å². The van der Waals surface area contributed by atoms with Crippen LogP contribution in [-0.4, -0.2) is 15.7 Å². The number of aryl methyl sites for hydroxylation is 4. The Morgan fingerprint density at radius 3 is 2.12 bits per heavy atom. The van der Waals surface area contributed by atoms with Gasteiger partial charge in [0.05, 0.1) is 11.4 Å². The zero-order valence-electron chi connectivity index (χ0n) is 14.4. The molecule has 0 bridgehead atoms. The molecule has 0 aliphatic carbocycles. The van der Waals surface area contributed by atoms with Crippen molar-refractivity contribution in [1.82, 2.24) is 9.78 Å². The summed E-state index contributed by atoms with van der Waals surface area (Å²) in [7, 11) is 0. The molecule has 0 spiro atoms. The Hall–Kier alpha value is -2.88. The van der Waals surface area contributed by atoms with Crippen LogP contribution in [0.4, 0.5) is 5.82 Å². The van der Waals surface area contributed by atoms with Gasteiger partial charge in [-0.05, 0) is 52.0 Å². The molecule has 0 radical (unpaired) electrons. The molecule has 0 aliphatic heterocycles. The van der Waals surface area contributed by atoms with E-state index in [1.54, 1.807) is 4.68 Å². The molecule has 24 heavy (non-hydrogen) atoms. The summed E-state index contributed by atoms with van der Waals surface area (Å²) in [6, 6.07) is 15.8. The molecule has 0 fully saturated rings. The van der Waals surface area contributed by atoms with Crippen LogP contribution in [0.5, 0.6) is 0 Å². The Kier molecular flexibility index (Phi) is 4.21. The van der Waals surface area contributed by atoms with Gasteiger partial charge in [0.1, 0.15) is 5.82 Å². The average Bonchev–Trinajstić information content (AvgIpc) is 2.87. The maximum absolute atomic E-state index is 12.6. The molecule has 122 valence electrons. The van der Waals surface area contributed by atoms with Gasteiger partial charge < -0.3 is 5.32 Å². The maximum atomic E-state index is 12.6. The van der Waals surface area contributed by atoms with E-state index in [1.165, 1.54) is 5.56 Å². The predicted octanol–water partition coefficient (Wildman–Crippen LogP) is 4.36. The summed E-state index contributed by atoms with van der Waals surface area (Å²) in [6.07, 6.45) is 0. The molecule has 3 aromatic rings. The number of aromatic nitrogens is 2. The molecule has 4 nitrogen and oxygen atoms in total. The van der Waals surface area contributed by atoms with Gasteiger partial charge in [0.2, 0.25) is 0 Å². The lowest BCUT2D eigenvalue weighted by Crippen LogP contribution is -2.15. The lowest BCUT2D eigenvalue weighted by Gasteiger charge is -2.10. The van der Waals surface area contributed by atoms with Crippen LogP contribution in [0.2, 0.25) is 0 Å². The zero-order chi connectivity index (χ0) is 17.3. The Balaban J connectivity index is 1.93. The zero-order valence-corrected chi connectivity index (χ0v) is 14.4. The quantitative estimate of drug-likeness (QED) is 0.780. The predicted molar refractivity (Wildman–Crippen MR) is 96.9 cm³/mol. The Labute approximate surface area is 142 Å². The van der Waals surface area contributed by atoms with Crippen molar-refractivity contribution >= 4 is 11.7 Å². The van der Waals surface area contributed by atoms with Crippen molar-refractivity contribution in [3.05, 3.63) is 76.5 Å². The molecule has 4 heteroatoms. The summed E-state index contributed by atoms with van der Waals surface area (Å²) in [6.45, 7) is 7.94. The first kappa shape index (κ1) is 16.0. The van der Waals surface area contributed by atoms with Crippen LogP contribution in [0.15, 0.2) is 48.5 Å². The van der Waals surface area contributed by atoms with Crippen LogP contribution in [0.25, 0.3) is 5.69 Å². The van der Waals surface area contributed by atoms with Gasteiger partial charge in [-0.1, -0.05) is 34.9 Å². The van der Waals surface area contributed by atoms with E-state index in [1.807, 2.05) is 70.2 Å². The number of nitrogens with zero attached hydrogens (tertiary/aromatic N) is 2. The van der Waals surface area contributed by atoms with Crippen LogP contribution in [0.3, 0.4) is 0 Å². The highest BCUT2D eigenvalue weighted by Gasteiger charge is 2.13. The number of amides is 1. The number of nitrogens with one attached hydrogen (secondary N) is 1. The topological polar surface area (TPSA) is 46.9 Å². The molecule has 1 aromatic heterocycles. The molecule has 0 saturated carbocycles. The van der Waals surface area contributed by atoms with E-state index in [-0.39, 0.29) is 5.91 Å². The molecule has 1 N–H and O–H groups in total. The third-order valence-electron chi connectivity index (χ3n) is 3.84. The van der Waals surface area contributed by atoms with Crippen molar-refractivity contribution in [3.8, 4) is 5.69 Å². The van der Waals surface area contributed by atoms with E-state index in [9.17, 15) is 4.79 Å². The molecule has 0 aliphatic rings. The van der Waals surface area contributed by atoms with E-state index in [0.717, 1.165) is 22.5 Å². The van der Waals surface area contributed by atoms with Crippen molar-refractivity contribution in [2.45, 2.75) is 27.7 Å². The Morgan fingerprint density at radius 2 is 1.50 bits per heavy atom. The molecule has 1 heterocycles. The minimum atomic E-state index is -0.130. The SMILES string of the molecule is Cc1ccc(-n2nc(C)cc2NC(=O)c2cc(C)cc(C)c2)cc1. The Bertz CT molecular complexity index is 871. The Morgan fingerprint density at radius 1 is 0.875 bits per heavy atom. The number of rotatable bonds is 3. The summed E-state index contributed by atoms with van der Waals surface area (Å²) in [5, 5.41) is 7.47. The molecule has 1 amide bonds. The molecular formula is C20H21N3O. The number of anilines is 1.